The van der Waals surface area contributed by atoms with Gasteiger partial charge in [-0.3, -0.25) is 4.79 Å². The summed E-state index contributed by atoms with van der Waals surface area (Å²) in [4.78, 5) is 24.8. The Morgan fingerprint density at radius 2 is 2.04 bits per heavy atom. The molecule has 1 fully saturated rings. The Morgan fingerprint density at radius 1 is 1.25 bits per heavy atom. The highest BCUT2D eigenvalue weighted by Crippen LogP contribution is 2.19. The monoisotopic (exact) mass is 325 g/mol. The molecule has 1 aromatic heterocycles. The van der Waals surface area contributed by atoms with Crippen molar-refractivity contribution in [2.24, 2.45) is 0 Å². The number of amides is 1. The van der Waals surface area contributed by atoms with Gasteiger partial charge in [0, 0.05) is 50.7 Å². The van der Waals surface area contributed by atoms with Crippen LogP contribution in [-0.2, 0) is 0 Å². The Labute approximate surface area is 142 Å². The summed E-state index contributed by atoms with van der Waals surface area (Å²) < 4.78 is 0. The zero-order valence-corrected chi connectivity index (χ0v) is 14.1. The minimum Gasteiger partial charge on any atom is -0.378 e. The molecule has 6 heteroatoms. The van der Waals surface area contributed by atoms with E-state index in [0.717, 1.165) is 43.0 Å². The molecule has 1 aliphatic heterocycles. The van der Waals surface area contributed by atoms with Gasteiger partial charge in [0.1, 0.15) is 12.1 Å². The van der Waals surface area contributed by atoms with Crippen LogP contribution in [0.15, 0.2) is 42.9 Å². The summed E-state index contributed by atoms with van der Waals surface area (Å²) in [6.45, 7) is 1.52. The molecule has 0 saturated carbocycles. The van der Waals surface area contributed by atoms with Crippen molar-refractivity contribution in [1.29, 1.82) is 0 Å². The highest BCUT2D eigenvalue weighted by molar-refractivity contribution is 5.95. The summed E-state index contributed by atoms with van der Waals surface area (Å²) in [5, 5.41) is 3.41. The van der Waals surface area contributed by atoms with Gasteiger partial charge in [-0.2, -0.15) is 0 Å². The van der Waals surface area contributed by atoms with Crippen molar-refractivity contribution >= 4 is 17.4 Å². The molecule has 0 spiro atoms. The average Bonchev–Trinajstić information content (AvgIpc) is 2.63. The molecule has 6 nitrogen and oxygen atoms in total. The second-order valence-electron chi connectivity index (χ2n) is 6.25. The Balaban J connectivity index is 1.58. The Morgan fingerprint density at radius 3 is 2.71 bits per heavy atom. The molecule has 2 heterocycles. The van der Waals surface area contributed by atoms with Crippen LogP contribution in [0, 0.1) is 0 Å². The third-order valence-electron chi connectivity index (χ3n) is 4.33. The van der Waals surface area contributed by atoms with Gasteiger partial charge in [0.25, 0.3) is 5.91 Å². The second kappa shape index (κ2) is 7.29. The summed E-state index contributed by atoms with van der Waals surface area (Å²) in [6, 6.07) is 10.00. The number of nitrogens with one attached hydrogen (secondary N) is 1. The van der Waals surface area contributed by atoms with E-state index in [4.69, 9.17) is 0 Å². The predicted molar refractivity (Wildman–Crippen MR) is 95.3 cm³/mol. The third-order valence-corrected chi connectivity index (χ3v) is 4.33. The number of carbonyl (C=O) groups is 1. The lowest BCUT2D eigenvalue weighted by molar-refractivity contribution is 0.0718. The number of anilines is 2. The first-order valence-corrected chi connectivity index (χ1v) is 8.22. The lowest BCUT2D eigenvalue weighted by Gasteiger charge is -2.32. The molecule has 126 valence electrons. The van der Waals surface area contributed by atoms with Gasteiger partial charge >= 0.3 is 0 Å². The van der Waals surface area contributed by atoms with Gasteiger partial charge in [0.2, 0.25) is 0 Å². The average molecular weight is 325 g/mol. The molecule has 2 aromatic rings. The van der Waals surface area contributed by atoms with Crippen molar-refractivity contribution in [2.45, 2.75) is 18.9 Å². The fourth-order valence-corrected chi connectivity index (χ4v) is 2.91. The number of benzene rings is 1. The predicted octanol–water partition coefficient (Wildman–Crippen LogP) is 2.26. The number of piperidine rings is 1. The highest BCUT2D eigenvalue weighted by Gasteiger charge is 2.24. The fraction of sp³-hybridized carbons (Fsp3) is 0.389. The molecule has 0 bridgehead atoms. The van der Waals surface area contributed by atoms with Gasteiger partial charge in [-0.25, -0.2) is 9.97 Å². The van der Waals surface area contributed by atoms with Crippen molar-refractivity contribution < 1.29 is 4.79 Å². The van der Waals surface area contributed by atoms with Crippen molar-refractivity contribution in [2.75, 3.05) is 37.4 Å². The zero-order valence-electron chi connectivity index (χ0n) is 14.1. The lowest BCUT2D eigenvalue weighted by atomic mass is 10.0. The van der Waals surface area contributed by atoms with Crippen LogP contribution in [0.25, 0.3) is 0 Å². The van der Waals surface area contributed by atoms with E-state index < -0.39 is 0 Å². The molecule has 3 rings (SSSR count). The van der Waals surface area contributed by atoms with E-state index in [1.807, 2.05) is 54.2 Å². The molecular formula is C18H23N5O. The van der Waals surface area contributed by atoms with Crippen molar-refractivity contribution in [3.63, 3.8) is 0 Å². The number of carbonyl (C=O) groups excluding carboxylic acids is 1. The van der Waals surface area contributed by atoms with Crippen LogP contribution in [0.5, 0.6) is 0 Å². The van der Waals surface area contributed by atoms with E-state index in [1.54, 1.807) is 12.5 Å². The van der Waals surface area contributed by atoms with Crippen LogP contribution in [0.4, 0.5) is 11.5 Å². The SMILES string of the molecule is CN(C)c1cccc(C(=O)N2CCC(Nc3ccncn3)CC2)c1. The van der Waals surface area contributed by atoms with Crippen LogP contribution < -0.4 is 10.2 Å². The molecule has 1 aliphatic rings. The van der Waals surface area contributed by atoms with Gasteiger partial charge in [-0.05, 0) is 37.1 Å². The van der Waals surface area contributed by atoms with Gasteiger partial charge in [0.15, 0.2) is 0 Å². The lowest BCUT2D eigenvalue weighted by Crippen LogP contribution is -2.42. The van der Waals surface area contributed by atoms with Crippen molar-refractivity contribution in [3.8, 4) is 0 Å². The largest absolute Gasteiger partial charge is 0.378 e. The number of hydrogen-bond acceptors (Lipinski definition) is 5. The topological polar surface area (TPSA) is 61.4 Å². The van der Waals surface area contributed by atoms with Gasteiger partial charge in [-0.15, -0.1) is 0 Å². The van der Waals surface area contributed by atoms with E-state index in [-0.39, 0.29) is 5.91 Å². The Kier molecular flexibility index (Phi) is 4.93. The van der Waals surface area contributed by atoms with Crippen LogP contribution >= 0.6 is 0 Å². The van der Waals surface area contributed by atoms with E-state index in [1.165, 1.54) is 0 Å². The van der Waals surface area contributed by atoms with Gasteiger partial charge in [-0.1, -0.05) is 6.07 Å². The van der Waals surface area contributed by atoms with Gasteiger partial charge in [0.05, 0.1) is 0 Å². The number of likely N-dealkylation sites (tertiary alicyclic amines) is 1. The van der Waals surface area contributed by atoms with Crippen LogP contribution in [-0.4, -0.2) is 54.0 Å². The number of nitrogens with zero attached hydrogens (tertiary/aromatic N) is 4. The Hall–Kier alpha value is -2.63. The first kappa shape index (κ1) is 16.2. The molecule has 1 amide bonds. The third kappa shape index (κ3) is 3.82. The van der Waals surface area contributed by atoms with E-state index in [0.29, 0.717) is 6.04 Å². The quantitative estimate of drug-likeness (QED) is 0.934. The molecule has 1 aromatic carbocycles. The first-order valence-electron chi connectivity index (χ1n) is 8.22. The molecule has 0 atom stereocenters. The number of rotatable bonds is 4. The molecule has 0 aliphatic carbocycles. The number of aromatic nitrogens is 2. The minimum absolute atomic E-state index is 0.110. The number of hydrogen-bond donors (Lipinski definition) is 1. The van der Waals surface area contributed by atoms with Crippen LogP contribution in [0.3, 0.4) is 0 Å². The zero-order chi connectivity index (χ0) is 16.9. The maximum absolute atomic E-state index is 12.7. The van der Waals surface area contributed by atoms with Crippen LogP contribution in [0.1, 0.15) is 23.2 Å². The maximum Gasteiger partial charge on any atom is 0.253 e. The summed E-state index contributed by atoms with van der Waals surface area (Å²) in [6.07, 6.45) is 5.11. The summed E-state index contributed by atoms with van der Waals surface area (Å²) in [7, 11) is 3.96. The van der Waals surface area contributed by atoms with Crippen LogP contribution in [0.2, 0.25) is 0 Å². The van der Waals surface area contributed by atoms with Crippen molar-refractivity contribution in [1.82, 2.24) is 14.9 Å². The van der Waals surface area contributed by atoms with E-state index >= 15 is 0 Å². The van der Waals surface area contributed by atoms with Crippen molar-refractivity contribution in [3.05, 3.63) is 48.4 Å². The molecule has 0 radical (unpaired) electrons. The summed E-state index contributed by atoms with van der Waals surface area (Å²) in [5.74, 6) is 0.952. The molecule has 1 saturated heterocycles. The molecule has 1 N–H and O–H groups in total. The minimum atomic E-state index is 0.110. The van der Waals surface area contributed by atoms with E-state index in [2.05, 4.69) is 15.3 Å². The fourth-order valence-electron chi connectivity index (χ4n) is 2.91. The highest BCUT2D eigenvalue weighted by atomic mass is 16.2. The van der Waals surface area contributed by atoms with Gasteiger partial charge < -0.3 is 15.1 Å². The standard InChI is InChI=1S/C18H23N5O/c1-22(2)16-5-3-4-14(12-16)18(24)23-10-7-15(8-11-23)21-17-6-9-19-13-20-17/h3-6,9,12-13,15H,7-8,10-11H2,1-2H3,(H,19,20,21). The summed E-state index contributed by atoms with van der Waals surface area (Å²) >= 11 is 0. The first-order chi connectivity index (χ1) is 11.6. The molecular weight excluding hydrogens is 302 g/mol. The summed E-state index contributed by atoms with van der Waals surface area (Å²) in [5.41, 5.74) is 1.80. The molecule has 0 unspecified atom stereocenters. The maximum atomic E-state index is 12.7. The second-order valence-corrected chi connectivity index (χ2v) is 6.25. The van der Waals surface area contributed by atoms with E-state index in [9.17, 15) is 4.79 Å². The molecule has 24 heavy (non-hydrogen) atoms. The smallest absolute Gasteiger partial charge is 0.253 e. The normalized spacial score (nSPS) is 15.2. The Bertz CT molecular complexity index is 681.